The average molecular weight is 353 g/mol. The Labute approximate surface area is 130 Å². The number of carboxylic acid groups (broad SMARTS) is 1. The molecule has 0 radical (unpaired) electrons. The zero-order valence-electron chi connectivity index (χ0n) is 10.8. The van der Waals surface area contributed by atoms with Gasteiger partial charge >= 0.3 is 5.97 Å². The van der Waals surface area contributed by atoms with E-state index in [0.29, 0.717) is 11.5 Å². The van der Waals surface area contributed by atoms with E-state index in [-0.39, 0.29) is 5.56 Å². The molecule has 0 spiro atoms. The highest BCUT2D eigenvalue weighted by molar-refractivity contribution is 9.10. The van der Waals surface area contributed by atoms with Crippen molar-refractivity contribution in [1.29, 1.82) is 0 Å². The van der Waals surface area contributed by atoms with Gasteiger partial charge in [0.05, 0.1) is 7.11 Å². The van der Waals surface area contributed by atoms with E-state index in [0.717, 1.165) is 14.9 Å². The van der Waals surface area contributed by atoms with Gasteiger partial charge in [0.1, 0.15) is 11.3 Å². The van der Waals surface area contributed by atoms with Crippen LogP contribution in [0, 0.1) is 0 Å². The van der Waals surface area contributed by atoms with Gasteiger partial charge in [0, 0.05) is 15.1 Å². The van der Waals surface area contributed by atoms with Gasteiger partial charge in [0.25, 0.3) is 0 Å². The highest BCUT2D eigenvalue weighted by Gasteiger charge is 2.11. The molecule has 5 heteroatoms. The van der Waals surface area contributed by atoms with E-state index in [9.17, 15) is 4.79 Å². The van der Waals surface area contributed by atoms with Gasteiger partial charge in [-0.25, -0.2) is 4.79 Å². The molecular weight excluding hydrogens is 340 g/mol. The Morgan fingerprint density at radius 3 is 2.70 bits per heavy atom. The summed E-state index contributed by atoms with van der Waals surface area (Å²) in [6.45, 7) is 0. The minimum atomic E-state index is -0.977. The van der Waals surface area contributed by atoms with E-state index in [4.69, 9.17) is 9.84 Å². The van der Waals surface area contributed by atoms with E-state index in [1.807, 2.05) is 30.3 Å². The van der Waals surface area contributed by atoms with Crippen molar-refractivity contribution in [2.24, 2.45) is 0 Å². The van der Waals surface area contributed by atoms with Gasteiger partial charge in [-0.2, -0.15) is 0 Å². The number of carbonyl (C=O) groups is 1. The molecular formula is C15H13BrO3S. The Hall–Kier alpha value is -1.46. The number of hydrogen-bond donors (Lipinski definition) is 1. The first-order valence-electron chi connectivity index (χ1n) is 5.89. The lowest BCUT2D eigenvalue weighted by Crippen LogP contribution is -2.01. The molecule has 0 unspecified atom stereocenters. The highest BCUT2D eigenvalue weighted by atomic mass is 79.9. The van der Waals surface area contributed by atoms with Crippen LogP contribution in [0.1, 0.15) is 15.9 Å². The van der Waals surface area contributed by atoms with Crippen LogP contribution < -0.4 is 4.74 Å². The third-order valence-corrected chi connectivity index (χ3v) is 4.82. The molecule has 20 heavy (non-hydrogen) atoms. The SMILES string of the molecule is COc1ccc(CSc2ccccc2Br)cc1C(=O)O. The summed E-state index contributed by atoms with van der Waals surface area (Å²) in [5.41, 5.74) is 1.14. The minimum absolute atomic E-state index is 0.192. The lowest BCUT2D eigenvalue weighted by molar-refractivity contribution is 0.0693. The predicted octanol–water partition coefficient (Wildman–Crippen LogP) is 4.45. The molecule has 0 saturated carbocycles. The van der Waals surface area contributed by atoms with Crippen LogP contribution >= 0.6 is 27.7 Å². The lowest BCUT2D eigenvalue weighted by Gasteiger charge is -2.08. The monoisotopic (exact) mass is 352 g/mol. The average Bonchev–Trinajstić information content (AvgIpc) is 2.46. The molecule has 0 aromatic heterocycles. The molecule has 2 rings (SSSR count). The number of carboxylic acids is 1. The summed E-state index contributed by atoms with van der Waals surface area (Å²) < 4.78 is 6.09. The second-order valence-electron chi connectivity index (χ2n) is 4.06. The fraction of sp³-hybridized carbons (Fsp3) is 0.133. The van der Waals surface area contributed by atoms with Gasteiger partial charge in [-0.1, -0.05) is 18.2 Å². The Morgan fingerprint density at radius 2 is 2.05 bits per heavy atom. The van der Waals surface area contributed by atoms with Crippen molar-refractivity contribution in [2.45, 2.75) is 10.6 Å². The van der Waals surface area contributed by atoms with Crippen molar-refractivity contribution < 1.29 is 14.6 Å². The summed E-state index contributed by atoms with van der Waals surface area (Å²) in [5.74, 6) is 0.106. The smallest absolute Gasteiger partial charge is 0.339 e. The lowest BCUT2D eigenvalue weighted by atomic mass is 10.1. The quantitative estimate of drug-likeness (QED) is 0.807. The first kappa shape index (κ1) is 14.9. The van der Waals surface area contributed by atoms with Crippen molar-refractivity contribution in [3.63, 3.8) is 0 Å². The van der Waals surface area contributed by atoms with Crippen LogP contribution in [0.15, 0.2) is 51.8 Å². The third-order valence-electron chi connectivity index (χ3n) is 2.73. The van der Waals surface area contributed by atoms with Gasteiger partial charge in [0.15, 0.2) is 0 Å². The van der Waals surface area contributed by atoms with Gasteiger partial charge in [0.2, 0.25) is 0 Å². The van der Waals surface area contributed by atoms with Crippen molar-refractivity contribution in [3.8, 4) is 5.75 Å². The Kier molecular flexibility index (Phi) is 5.09. The molecule has 1 N–H and O–H groups in total. The van der Waals surface area contributed by atoms with Crippen molar-refractivity contribution in [1.82, 2.24) is 0 Å². The van der Waals surface area contributed by atoms with Gasteiger partial charge in [-0.15, -0.1) is 11.8 Å². The number of aromatic carboxylic acids is 1. The highest BCUT2D eigenvalue weighted by Crippen LogP contribution is 2.31. The van der Waals surface area contributed by atoms with Crippen LogP contribution in [0.25, 0.3) is 0 Å². The predicted molar refractivity (Wildman–Crippen MR) is 83.7 cm³/mol. The maximum absolute atomic E-state index is 11.2. The first-order valence-corrected chi connectivity index (χ1v) is 7.67. The number of benzene rings is 2. The van der Waals surface area contributed by atoms with Gasteiger partial charge in [-0.3, -0.25) is 0 Å². The van der Waals surface area contributed by atoms with E-state index in [2.05, 4.69) is 15.9 Å². The molecule has 0 amide bonds. The maximum Gasteiger partial charge on any atom is 0.339 e. The van der Waals surface area contributed by atoms with Crippen LogP contribution in [-0.2, 0) is 5.75 Å². The molecule has 0 aliphatic carbocycles. The number of ether oxygens (including phenoxy) is 1. The standard InChI is InChI=1S/C15H13BrO3S/c1-19-13-7-6-10(8-11(13)15(17)18)9-20-14-5-3-2-4-12(14)16/h2-8H,9H2,1H3,(H,17,18). The van der Waals surface area contributed by atoms with Crippen LogP contribution in [0.5, 0.6) is 5.75 Å². The fourth-order valence-electron chi connectivity index (χ4n) is 1.73. The van der Waals surface area contributed by atoms with Crippen molar-refractivity contribution in [2.75, 3.05) is 7.11 Å². The number of rotatable bonds is 5. The molecule has 0 saturated heterocycles. The summed E-state index contributed by atoms with van der Waals surface area (Å²) in [6.07, 6.45) is 0. The molecule has 0 aliphatic heterocycles. The van der Waals surface area contributed by atoms with E-state index in [1.165, 1.54) is 7.11 Å². The van der Waals surface area contributed by atoms with Gasteiger partial charge < -0.3 is 9.84 Å². The number of thioether (sulfide) groups is 1. The summed E-state index contributed by atoms with van der Waals surface area (Å²) >= 11 is 5.15. The first-order chi connectivity index (χ1) is 9.61. The van der Waals surface area contributed by atoms with Crippen LogP contribution in [0.3, 0.4) is 0 Å². The topological polar surface area (TPSA) is 46.5 Å². The number of halogens is 1. The molecule has 3 nitrogen and oxygen atoms in total. The van der Waals surface area contributed by atoms with E-state index < -0.39 is 5.97 Å². The Morgan fingerprint density at radius 1 is 1.30 bits per heavy atom. The Balaban J connectivity index is 2.16. The van der Waals surface area contributed by atoms with Crippen LogP contribution in [0.4, 0.5) is 0 Å². The minimum Gasteiger partial charge on any atom is -0.496 e. The Bertz CT molecular complexity index is 628. The van der Waals surface area contributed by atoms with E-state index in [1.54, 1.807) is 23.9 Å². The fourth-order valence-corrected chi connectivity index (χ4v) is 3.25. The van der Waals surface area contributed by atoms with Crippen LogP contribution in [0.2, 0.25) is 0 Å². The largest absolute Gasteiger partial charge is 0.496 e. The normalized spacial score (nSPS) is 10.3. The molecule has 0 bridgehead atoms. The van der Waals surface area contributed by atoms with E-state index >= 15 is 0 Å². The zero-order valence-corrected chi connectivity index (χ0v) is 13.2. The molecule has 0 fully saturated rings. The number of hydrogen-bond acceptors (Lipinski definition) is 3. The maximum atomic E-state index is 11.2. The molecule has 104 valence electrons. The second-order valence-corrected chi connectivity index (χ2v) is 5.93. The van der Waals surface area contributed by atoms with Crippen molar-refractivity contribution >= 4 is 33.7 Å². The van der Waals surface area contributed by atoms with Gasteiger partial charge in [-0.05, 0) is 45.8 Å². The third kappa shape index (κ3) is 3.55. The summed E-state index contributed by atoms with van der Waals surface area (Å²) in [7, 11) is 1.47. The van der Waals surface area contributed by atoms with Crippen molar-refractivity contribution in [3.05, 3.63) is 58.1 Å². The number of methoxy groups -OCH3 is 1. The molecule has 2 aromatic rings. The second kappa shape index (κ2) is 6.81. The molecule has 2 aromatic carbocycles. The molecule has 0 aliphatic rings. The molecule has 0 heterocycles. The summed E-state index contributed by atoms with van der Waals surface area (Å²) in [5, 5.41) is 9.16. The van der Waals surface area contributed by atoms with Crippen LogP contribution in [-0.4, -0.2) is 18.2 Å². The summed E-state index contributed by atoms with van der Waals surface area (Å²) in [6, 6.07) is 13.2. The zero-order chi connectivity index (χ0) is 14.5. The molecule has 0 atom stereocenters. The summed E-state index contributed by atoms with van der Waals surface area (Å²) in [4.78, 5) is 12.3.